The summed E-state index contributed by atoms with van der Waals surface area (Å²) in [6.45, 7) is 0. The first-order valence-corrected chi connectivity index (χ1v) is 8.25. The minimum Gasteiger partial charge on any atom is -0.228 e. The predicted molar refractivity (Wildman–Crippen MR) is 96.0 cm³/mol. The van der Waals surface area contributed by atoms with Crippen molar-refractivity contribution in [3.05, 3.63) is 90.3 Å². The Morgan fingerprint density at radius 3 is 1.39 bits per heavy atom. The lowest BCUT2D eigenvalue weighted by atomic mass is 10.1. The fourth-order valence-electron chi connectivity index (χ4n) is 2.76. The molecule has 4 aromatic rings. The van der Waals surface area contributed by atoms with E-state index in [0.717, 1.165) is 0 Å². The van der Waals surface area contributed by atoms with Gasteiger partial charge in [-0.25, -0.2) is 18.7 Å². The van der Waals surface area contributed by atoms with Crippen molar-refractivity contribution in [3.63, 3.8) is 0 Å². The van der Waals surface area contributed by atoms with E-state index in [1.807, 2.05) is 0 Å². The zero-order chi connectivity index (χ0) is 19.7. The number of nitrogens with zero attached hydrogens (tertiary/aromatic N) is 3. The highest BCUT2D eigenvalue weighted by molar-refractivity contribution is 5.71. The fraction of sp³-hybridized carbons (Fsp3) is 0. The largest absolute Gasteiger partial charge is 0.252 e. The van der Waals surface area contributed by atoms with Crippen LogP contribution in [0.4, 0.5) is 17.6 Å². The van der Waals surface area contributed by atoms with Gasteiger partial charge in [0.25, 0.3) is 11.9 Å². The maximum Gasteiger partial charge on any atom is 0.252 e. The van der Waals surface area contributed by atoms with Crippen molar-refractivity contribution in [1.29, 1.82) is 0 Å². The Labute approximate surface area is 157 Å². The standard InChI is InChI=1S/C21H11F4N3/c22-17-16(18(23)20(25)28-19(17)24)21-26-14(12-7-3-1-4-8-12)11-15(27-21)13-9-5-2-6-10-13/h1-11H. The van der Waals surface area contributed by atoms with Gasteiger partial charge >= 0.3 is 0 Å². The zero-order valence-corrected chi connectivity index (χ0v) is 14.2. The van der Waals surface area contributed by atoms with Crippen molar-refractivity contribution >= 4 is 0 Å². The Balaban J connectivity index is 2.01. The van der Waals surface area contributed by atoms with E-state index in [-0.39, 0.29) is 0 Å². The van der Waals surface area contributed by atoms with Gasteiger partial charge in [-0.1, -0.05) is 60.7 Å². The second-order valence-corrected chi connectivity index (χ2v) is 5.89. The van der Waals surface area contributed by atoms with Crippen LogP contribution in [0.15, 0.2) is 66.7 Å². The molecule has 0 aliphatic heterocycles. The van der Waals surface area contributed by atoms with E-state index in [9.17, 15) is 17.6 Å². The summed E-state index contributed by atoms with van der Waals surface area (Å²) in [5.41, 5.74) is 1.00. The molecule has 4 rings (SSSR count). The van der Waals surface area contributed by atoms with Crippen molar-refractivity contribution in [2.24, 2.45) is 0 Å². The van der Waals surface area contributed by atoms with Crippen molar-refractivity contribution < 1.29 is 17.6 Å². The highest BCUT2D eigenvalue weighted by Gasteiger charge is 2.25. The summed E-state index contributed by atoms with van der Waals surface area (Å²) in [4.78, 5) is 10.9. The van der Waals surface area contributed by atoms with Crippen LogP contribution in [0.25, 0.3) is 33.9 Å². The summed E-state index contributed by atoms with van der Waals surface area (Å²) in [5.74, 6) is -7.30. The molecule has 0 bridgehead atoms. The third-order valence-corrected chi connectivity index (χ3v) is 4.09. The summed E-state index contributed by atoms with van der Waals surface area (Å²) in [6, 6.07) is 19.3. The highest BCUT2D eigenvalue weighted by Crippen LogP contribution is 2.30. The second kappa shape index (κ2) is 7.19. The average molecular weight is 381 g/mol. The van der Waals surface area contributed by atoms with Crippen LogP contribution in [0.1, 0.15) is 0 Å². The number of aromatic nitrogens is 3. The molecule has 2 heterocycles. The summed E-state index contributed by atoms with van der Waals surface area (Å²) >= 11 is 0. The van der Waals surface area contributed by atoms with Crippen molar-refractivity contribution in [3.8, 4) is 33.9 Å². The van der Waals surface area contributed by atoms with E-state index in [0.29, 0.717) is 22.5 Å². The van der Waals surface area contributed by atoms with Gasteiger partial charge in [0.15, 0.2) is 17.5 Å². The first kappa shape index (κ1) is 17.8. The molecule has 0 aliphatic rings. The first-order chi connectivity index (χ1) is 13.5. The van der Waals surface area contributed by atoms with E-state index >= 15 is 0 Å². The molecule has 0 aliphatic carbocycles. The molecule has 28 heavy (non-hydrogen) atoms. The van der Waals surface area contributed by atoms with Gasteiger partial charge in [0.05, 0.1) is 11.4 Å². The molecule has 0 N–H and O–H groups in total. The van der Waals surface area contributed by atoms with Crippen LogP contribution in [0.3, 0.4) is 0 Å². The van der Waals surface area contributed by atoms with Gasteiger partial charge in [-0.05, 0) is 6.07 Å². The van der Waals surface area contributed by atoms with E-state index in [2.05, 4.69) is 15.0 Å². The lowest BCUT2D eigenvalue weighted by Gasteiger charge is -2.10. The van der Waals surface area contributed by atoms with Gasteiger partial charge in [-0.3, -0.25) is 0 Å². The molecule has 3 nitrogen and oxygen atoms in total. The van der Waals surface area contributed by atoms with Crippen LogP contribution in [0.5, 0.6) is 0 Å². The van der Waals surface area contributed by atoms with E-state index in [1.165, 1.54) is 0 Å². The van der Waals surface area contributed by atoms with E-state index < -0.39 is 34.9 Å². The molecule has 2 aromatic heterocycles. The number of hydrogen-bond donors (Lipinski definition) is 0. The lowest BCUT2D eigenvalue weighted by Crippen LogP contribution is -2.06. The molecule has 7 heteroatoms. The maximum atomic E-state index is 14.3. The van der Waals surface area contributed by atoms with Crippen LogP contribution in [0, 0.1) is 23.5 Å². The Kier molecular flexibility index (Phi) is 4.57. The van der Waals surface area contributed by atoms with Crippen LogP contribution in [-0.4, -0.2) is 15.0 Å². The minimum absolute atomic E-state index is 0.348. The molecule has 0 saturated carbocycles. The number of pyridine rings is 1. The third-order valence-electron chi connectivity index (χ3n) is 4.09. The monoisotopic (exact) mass is 381 g/mol. The maximum absolute atomic E-state index is 14.3. The molecular formula is C21H11F4N3. The van der Waals surface area contributed by atoms with Crippen molar-refractivity contribution in [1.82, 2.24) is 15.0 Å². The highest BCUT2D eigenvalue weighted by atomic mass is 19.2. The van der Waals surface area contributed by atoms with Crippen LogP contribution in [0.2, 0.25) is 0 Å². The molecule has 0 fully saturated rings. The number of halogens is 4. The number of rotatable bonds is 3. The summed E-state index contributed by atoms with van der Waals surface area (Å²) in [5, 5.41) is 0. The molecule has 0 amide bonds. The molecule has 2 aromatic carbocycles. The van der Waals surface area contributed by atoms with Gasteiger partial charge < -0.3 is 0 Å². The molecule has 0 saturated heterocycles. The SMILES string of the molecule is Fc1nc(F)c(F)c(-c2nc(-c3ccccc3)cc(-c3ccccc3)n2)c1F. The van der Waals surface area contributed by atoms with Gasteiger partial charge in [-0.2, -0.15) is 13.8 Å². The van der Waals surface area contributed by atoms with E-state index in [1.54, 1.807) is 66.7 Å². The summed E-state index contributed by atoms with van der Waals surface area (Å²) in [6.07, 6.45) is 0. The topological polar surface area (TPSA) is 38.7 Å². The predicted octanol–water partition coefficient (Wildman–Crippen LogP) is 5.43. The van der Waals surface area contributed by atoms with Crippen molar-refractivity contribution in [2.75, 3.05) is 0 Å². The van der Waals surface area contributed by atoms with Gasteiger partial charge in [0.2, 0.25) is 0 Å². The molecule has 0 unspecified atom stereocenters. The Bertz CT molecular complexity index is 1070. The minimum atomic E-state index is -1.76. The smallest absolute Gasteiger partial charge is 0.228 e. The fourth-order valence-corrected chi connectivity index (χ4v) is 2.76. The van der Waals surface area contributed by atoms with Gasteiger partial charge in [0, 0.05) is 11.1 Å². The molecule has 0 spiro atoms. The number of hydrogen-bond acceptors (Lipinski definition) is 3. The average Bonchev–Trinajstić information content (AvgIpc) is 2.74. The van der Waals surface area contributed by atoms with E-state index in [4.69, 9.17) is 0 Å². The van der Waals surface area contributed by atoms with Crippen LogP contribution < -0.4 is 0 Å². The van der Waals surface area contributed by atoms with Crippen LogP contribution >= 0.6 is 0 Å². The van der Waals surface area contributed by atoms with Gasteiger partial charge in [-0.15, -0.1) is 0 Å². The van der Waals surface area contributed by atoms with Gasteiger partial charge in [0.1, 0.15) is 5.56 Å². The Morgan fingerprint density at radius 1 is 0.536 bits per heavy atom. The summed E-state index contributed by atoms with van der Waals surface area (Å²) < 4.78 is 55.8. The second-order valence-electron chi connectivity index (χ2n) is 5.89. The lowest BCUT2D eigenvalue weighted by molar-refractivity contribution is 0.410. The molecular weight excluding hydrogens is 370 g/mol. The quantitative estimate of drug-likeness (QED) is 0.351. The molecule has 0 atom stereocenters. The first-order valence-electron chi connectivity index (χ1n) is 8.25. The Morgan fingerprint density at radius 2 is 0.964 bits per heavy atom. The molecule has 138 valence electrons. The summed E-state index contributed by atoms with van der Waals surface area (Å²) in [7, 11) is 0. The normalized spacial score (nSPS) is 10.9. The third kappa shape index (κ3) is 3.22. The van der Waals surface area contributed by atoms with Crippen LogP contribution in [-0.2, 0) is 0 Å². The zero-order valence-electron chi connectivity index (χ0n) is 14.2. The molecule has 0 radical (unpaired) electrons. The number of benzene rings is 2. The van der Waals surface area contributed by atoms with Crippen molar-refractivity contribution in [2.45, 2.75) is 0 Å². The Hall–Kier alpha value is -3.61.